The molecule has 0 N–H and O–H groups in total. The Balaban J connectivity index is 1.19. The summed E-state index contributed by atoms with van der Waals surface area (Å²) in [5, 5.41) is 9.52. The second-order valence-electron chi connectivity index (χ2n) is 12.1. The smallest absolute Gasteiger partial charge is 0.137 e. The molecule has 0 saturated heterocycles. The second kappa shape index (κ2) is 8.68. The van der Waals surface area contributed by atoms with Crippen molar-refractivity contribution in [2.24, 2.45) is 0 Å². The summed E-state index contributed by atoms with van der Waals surface area (Å²) in [5.41, 5.74) is 10.3. The van der Waals surface area contributed by atoms with Gasteiger partial charge >= 0.3 is 0 Å². The third kappa shape index (κ3) is 3.12. The minimum Gasteiger partial charge on any atom is -0.456 e. The Morgan fingerprint density at radius 1 is 0.348 bits per heavy atom. The SMILES string of the molecule is c1ccc2c(c1)oc1cc(N(c3ccc4c(c3)oc3ccccc34)c3ccc4c(c3)c3cccc5c6ccccc6n4c53)ccc12. The first-order valence-electron chi connectivity index (χ1n) is 15.6. The van der Waals surface area contributed by atoms with Crippen LogP contribution in [0.25, 0.3) is 82.0 Å². The maximum absolute atomic E-state index is 6.36. The fraction of sp³-hybridized carbons (Fsp3) is 0. The van der Waals surface area contributed by atoms with Gasteiger partial charge in [-0.3, -0.25) is 0 Å². The average molecular weight is 589 g/mol. The lowest BCUT2D eigenvalue weighted by molar-refractivity contribution is 0.669. The maximum Gasteiger partial charge on any atom is 0.137 e. The van der Waals surface area contributed by atoms with Crippen LogP contribution in [0.3, 0.4) is 0 Å². The van der Waals surface area contributed by atoms with Crippen molar-refractivity contribution in [2.45, 2.75) is 0 Å². The lowest BCUT2D eigenvalue weighted by Crippen LogP contribution is -2.09. The number of benzene rings is 7. The first-order chi connectivity index (χ1) is 22.8. The molecule has 0 radical (unpaired) electrons. The predicted octanol–water partition coefficient (Wildman–Crippen LogP) is 12.1. The Bertz CT molecular complexity index is 2880. The Labute approximate surface area is 262 Å². The van der Waals surface area contributed by atoms with Crippen molar-refractivity contribution >= 4 is 99.0 Å². The molecule has 0 fully saturated rings. The molecule has 0 spiro atoms. The van der Waals surface area contributed by atoms with E-state index in [0.29, 0.717) is 0 Å². The molecule has 0 aliphatic rings. The number of hydrogen-bond donors (Lipinski definition) is 0. The van der Waals surface area contributed by atoms with Crippen LogP contribution in [0.1, 0.15) is 0 Å². The molecular weight excluding hydrogens is 564 g/mol. The molecule has 4 nitrogen and oxygen atoms in total. The molecule has 0 bridgehead atoms. The van der Waals surface area contributed by atoms with Crippen LogP contribution in [0.4, 0.5) is 17.1 Å². The molecular formula is C42H24N2O2. The zero-order valence-electron chi connectivity index (χ0n) is 24.6. The fourth-order valence-corrected chi connectivity index (χ4v) is 7.71. The molecule has 46 heavy (non-hydrogen) atoms. The van der Waals surface area contributed by atoms with Crippen molar-refractivity contribution in [3.05, 3.63) is 146 Å². The standard InChI is InChI=1S/C42H24N2O2/c1-4-13-36-28(8-1)33-11-7-12-34-35-22-25(18-21-37(35)44(36)42(33)34)43(26-16-19-31-29-9-2-5-14-38(29)45-40(31)23-26)27-17-20-32-30-10-3-6-15-39(30)46-41(32)24-27/h1-24H. The summed E-state index contributed by atoms with van der Waals surface area (Å²) in [6.07, 6.45) is 0. The molecule has 4 heteroatoms. The Morgan fingerprint density at radius 2 is 0.826 bits per heavy atom. The van der Waals surface area contributed by atoms with E-state index in [1.165, 1.54) is 38.1 Å². The lowest BCUT2D eigenvalue weighted by atomic mass is 10.1. The van der Waals surface area contributed by atoms with E-state index >= 15 is 0 Å². The number of aromatic nitrogens is 1. The molecule has 0 saturated carbocycles. The van der Waals surface area contributed by atoms with Crippen molar-refractivity contribution in [2.75, 3.05) is 4.90 Å². The van der Waals surface area contributed by atoms with Gasteiger partial charge in [-0.05, 0) is 60.7 Å². The van der Waals surface area contributed by atoms with Crippen molar-refractivity contribution < 1.29 is 8.83 Å². The molecule has 7 aromatic carbocycles. The summed E-state index contributed by atoms with van der Waals surface area (Å²) >= 11 is 0. The highest BCUT2D eigenvalue weighted by Crippen LogP contribution is 2.44. The van der Waals surface area contributed by atoms with E-state index in [4.69, 9.17) is 8.83 Å². The van der Waals surface area contributed by atoms with Crippen LogP contribution in [-0.4, -0.2) is 4.40 Å². The molecule has 4 aromatic heterocycles. The number of fused-ring (bicyclic) bond motifs is 12. The first-order valence-corrected chi connectivity index (χ1v) is 15.6. The Morgan fingerprint density at radius 3 is 1.50 bits per heavy atom. The van der Waals surface area contributed by atoms with Crippen LogP contribution in [0.2, 0.25) is 0 Å². The number of hydrogen-bond acceptors (Lipinski definition) is 3. The van der Waals surface area contributed by atoms with E-state index < -0.39 is 0 Å². The van der Waals surface area contributed by atoms with Gasteiger partial charge in [0.15, 0.2) is 0 Å². The monoisotopic (exact) mass is 588 g/mol. The van der Waals surface area contributed by atoms with Gasteiger partial charge in [0.1, 0.15) is 22.3 Å². The number of nitrogens with zero attached hydrogens (tertiary/aromatic N) is 2. The van der Waals surface area contributed by atoms with Crippen molar-refractivity contribution in [1.29, 1.82) is 0 Å². The summed E-state index contributed by atoms with van der Waals surface area (Å²) in [5.74, 6) is 0. The van der Waals surface area contributed by atoms with Gasteiger partial charge in [-0.25, -0.2) is 0 Å². The van der Waals surface area contributed by atoms with Gasteiger partial charge in [-0.2, -0.15) is 0 Å². The largest absolute Gasteiger partial charge is 0.456 e. The summed E-state index contributed by atoms with van der Waals surface area (Å²) in [4.78, 5) is 2.31. The second-order valence-corrected chi connectivity index (χ2v) is 12.1. The highest BCUT2D eigenvalue weighted by atomic mass is 16.3. The van der Waals surface area contributed by atoms with Gasteiger partial charge in [-0.15, -0.1) is 0 Å². The molecule has 11 aromatic rings. The summed E-state index contributed by atoms with van der Waals surface area (Å²) < 4.78 is 15.1. The summed E-state index contributed by atoms with van der Waals surface area (Å²) in [6.45, 7) is 0. The minimum atomic E-state index is 0.863. The van der Waals surface area contributed by atoms with Crippen LogP contribution in [0.5, 0.6) is 0 Å². The number of para-hydroxylation sites is 4. The van der Waals surface area contributed by atoms with Gasteiger partial charge in [0.2, 0.25) is 0 Å². The normalized spacial score (nSPS) is 12.3. The van der Waals surface area contributed by atoms with E-state index in [2.05, 4.69) is 131 Å². The van der Waals surface area contributed by atoms with Crippen molar-refractivity contribution in [3.8, 4) is 0 Å². The van der Waals surface area contributed by atoms with E-state index in [-0.39, 0.29) is 0 Å². The lowest BCUT2D eigenvalue weighted by Gasteiger charge is -2.25. The van der Waals surface area contributed by atoms with Crippen LogP contribution >= 0.6 is 0 Å². The predicted molar refractivity (Wildman–Crippen MR) is 190 cm³/mol. The molecule has 0 atom stereocenters. The fourth-order valence-electron chi connectivity index (χ4n) is 7.71. The molecule has 0 aliphatic heterocycles. The molecule has 0 amide bonds. The van der Waals surface area contributed by atoms with Gasteiger partial charge in [0.05, 0.1) is 16.6 Å². The van der Waals surface area contributed by atoms with Gasteiger partial charge in [-0.1, -0.05) is 72.8 Å². The van der Waals surface area contributed by atoms with Crippen molar-refractivity contribution in [1.82, 2.24) is 4.40 Å². The number of furan rings is 2. The van der Waals surface area contributed by atoms with Gasteiger partial charge in [0, 0.05) is 72.3 Å². The van der Waals surface area contributed by atoms with Gasteiger partial charge < -0.3 is 18.1 Å². The maximum atomic E-state index is 6.36. The topological polar surface area (TPSA) is 33.9 Å². The average Bonchev–Trinajstić information content (AvgIpc) is 3.84. The quantitative estimate of drug-likeness (QED) is 0.206. The van der Waals surface area contributed by atoms with E-state index in [9.17, 15) is 0 Å². The van der Waals surface area contributed by atoms with E-state index in [0.717, 1.165) is 60.9 Å². The molecule has 4 heterocycles. The summed E-state index contributed by atoms with van der Waals surface area (Å²) in [6, 6.07) is 51.7. The van der Waals surface area contributed by atoms with Crippen LogP contribution in [0.15, 0.2) is 154 Å². The molecule has 11 rings (SSSR count). The highest BCUT2D eigenvalue weighted by molar-refractivity contribution is 6.23. The van der Waals surface area contributed by atoms with Crippen LogP contribution < -0.4 is 4.90 Å². The zero-order valence-corrected chi connectivity index (χ0v) is 24.6. The minimum absolute atomic E-state index is 0.863. The Kier molecular flexibility index (Phi) is 4.55. The van der Waals surface area contributed by atoms with Crippen LogP contribution in [-0.2, 0) is 0 Å². The molecule has 0 aliphatic carbocycles. The van der Waals surface area contributed by atoms with Crippen molar-refractivity contribution in [3.63, 3.8) is 0 Å². The summed E-state index contributed by atoms with van der Waals surface area (Å²) in [7, 11) is 0. The molecule has 214 valence electrons. The zero-order chi connectivity index (χ0) is 29.9. The van der Waals surface area contributed by atoms with E-state index in [1.54, 1.807) is 0 Å². The third-order valence-corrected chi connectivity index (χ3v) is 9.71. The first kappa shape index (κ1) is 24.1. The van der Waals surface area contributed by atoms with E-state index in [1.807, 2.05) is 24.3 Å². The third-order valence-electron chi connectivity index (χ3n) is 9.71. The number of rotatable bonds is 3. The van der Waals surface area contributed by atoms with Gasteiger partial charge in [0.25, 0.3) is 0 Å². The number of anilines is 3. The van der Waals surface area contributed by atoms with Crippen LogP contribution in [0, 0.1) is 0 Å². The molecule has 0 unspecified atom stereocenters. The highest BCUT2D eigenvalue weighted by Gasteiger charge is 2.21. The Hall–Kier alpha value is -6.26.